The second-order valence-electron chi connectivity index (χ2n) is 4.63. The first kappa shape index (κ1) is 13.8. The van der Waals surface area contributed by atoms with Gasteiger partial charge in [0.1, 0.15) is 11.6 Å². The highest BCUT2D eigenvalue weighted by atomic mass is 79.9. The Morgan fingerprint density at radius 3 is 2.71 bits per heavy atom. The van der Waals surface area contributed by atoms with Crippen LogP contribution in [0.1, 0.15) is 5.82 Å². The van der Waals surface area contributed by atoms with E-state index in [1.165, 1.54) is 0 Å². The number of aryl methyl sites for hydroxylation is 1. The molecule has 0 saturated carbocycles. The first-order valence-corrected chi connectivity index (χ1v) is 7.23. The summed E-state index contributed by atoms with van der Waals surface area (Å²) >= 11 is 3.39. The number of ether oxygens (including phenoxy) is 1. The molecule has 1 heterocycles. The lowest BCUT2D eigenvalue weighted by molar-refractivity contribution is 0.412. The molecule has 0 bridgehead atoms. The van der Waals surface area contributed by atoms with Gasteiger partial charge in [-0.2, -0.15) is 0 Å². The van der Waals surface area contributed by atoms with E-state index in [2.05, 4.69) is 20.9 Å². The molecule has 2 aromatic carbocycles. The fourth-order valence-corrected chi connectivity index (χ4v) is 2.73. The molecule has 0 fully saturated rings. The van der Waals surface area contributed by atoms with Gasteiger partial charge >= 0.3 is 0 Å². The van der Waals surface area contributed by atoms with Crippen molar-refractivity contribution in [1.29, 1.82) is 0 Å². The maximum absolute atomic E-state index is 12.8. The van der Waals surface area contributed by atoms with Gasteiger partial charge < -0.3 is 4.74 Å². The van der Waals surface area contributed by atoms with Gasteiger partial charge in [-0.3, -0.25) is 9.36 Å². The van der Waals surface area contributed by atoms with Crippen LogP contribution in [0.25, 0.3) is 16.6 Å². The number of benzene rings is 2. The SMILES string of the molecule is COc1ccccc1-n1c(C)nc2ccc(Br)cc2c1=O. The van der Waals surface area contributed by atoms with E-state index in [-0.39, 0.29) is 5.56 Å². The average molecular weight is 345 g/mol. The molecule has 0 aliphatic carbocycles. The van der Waals surface area contributed by atoms with Crippen molar-refractivity contribution < 1.29 is 4.74 Å². The molecular formula is C16H13BrN2O2. The number of aromatic nitrogens is 2. The fourth-order valence-electron chi connectivity index (χ4n) is 2.37. The Labute approximate surface area is 130 Å². The molecule has 21 heavy (non-hydrogen) atoms. The third-order valence-electron chi connectivity index (χ3n) is 3.32. The molecule has 106 valence electrons. The highest BCUT2D eigenvalue weighted by Crippen LogP contribution is 2.23. The van der Waals surface area contributed by atoms with Crippen LogP contribution in [0.5, 0.6) is 5.75 Å². The van der Waals surface area contributed by atoms with E-state index in [1.807, 2.05) is 43.3 Å². The quantitative estimate of drug-likeness (QED) is 0.714. The monoisotopic (exact) mass is 344 g/mol. The molecule has 0 amide bonds. The number of methoxy groups -OCH3 is 1. The minimum Gasteiger partial charge on any atom is -0.495 e. The van der Waals surface area contributed by atoms with Gasteiger partial charge in [0.05, 0.1) is 23.7 Å². The lowest BCUT2D eigenvalue weighted by Gasteiger charge is -2.14. The summed E-state index contributed by atoms with van der Waals surface area (Å²) in [6.45, 7) is 1.81. The zero-order valence-corrected chi connectivity index (χ0v) is 13.2. The summed E-state index contributed by atoms with van der Waals surface area (Å²) < 4.78 is 7.78. The molecule has 0 saturated heterocycles. The molecule has 4 nitrogen and oxygen atoms in total. The molecule has 0 aliphatic heterocycles. The molecule has 0 atom stereocenters. The van der Waals surface area contributed by atoms with Gasteiger partial charge in [0.2, 0.25) is 0 Å². The normalized spacial score (nSPS) is 10.8. The highest BCUT2D eigenvalue weighted by molar-refractivity contribution is 9.10. The first-order valence-electron chi connectivity index (χ1n) is 6.44. The van der Waals surface area contributed by atoms with E-state index in [0.29, 0.717) is 28.2 Å². The summed E-state index contributed by atoms with van der Waals surface area (Å²) in [4.78, 5) is 17.3. The third-order valence-corrected chi connectivity index (χ3v) is 3.82. The summed E-state index contributed by atoms with van der Waals surface area (Å²) in [5.74, 6) is 1.26. The molecule has 3 aromatic rings. The third kappa shape index (κ3) is 2.34. The zero-order chi connectivity index (χ0) is 15.0. The van der Waals surface area contributed by atoms with E-state index >= 15 is 0 Å². The van der Waals surface area contributed by atoms with Gasteiger partial charge in [-0.25, -0.2) is 4.98 Å². The van der Waals surface area contributed by atoms with Crippen LogP contribution in [0.2, 0.25) is 0 Å². The molecule has 0 N–H and O–H groups in total. The molecule has 3 rings (SSSR count). The Bertz CT molecular complexity index is 887. The summed E-state index contributed by atoms with van der Waals surface area (Å²) in [7, 11) is 1.59. The lowest BCUT2D eigenvalue weighted by Crippen LogP contribution is -2.22. The number of hydrogen-bond donors (Lipinski definition) is 0. The number of hydrogen-bond acceptors (Lipinski definition) is 3. The van der Waals surface area contributed by atoms with Gasteiger partial charge in [-0.05, 0) is 37.3 Å². The van der Waals surface area contributed by atoms with Crippen molar-refractivity contribution in [1.82, 2.24) is 9.55 Å². The van der Waals surface area contributed by atoms with E-state index in [4.69, 9.17) is 4.74 Å². The zero-order valence-electron chi connectivity index (χ0n) is 11.6. The topological polar surface area (TPSA) is 44.1 Å². The van der Waals surface area contributed by atoms with Gasteiger partial charge in [-0.15, -0.1) is 0 Å². The number of para-hydroxylation sites is 2. The van der Waals surface area contributed by atoms with Gasteiger partial charge in [0.15, 0.2) is 0 Å². The molecule has 0 aliphatic rings. The standard InChI is InChI=1S/C16H13BrN2O2/c1-10-18-13-8-7-11(17)9-12(13)16(20)19(10)14-5-3-4-6-15(14)21-2/h3-9H,1-2H3. The second-order valence-corrected chi connectivity index (χ2v) is 5.55. The van der Waals surface area contributed by atoms with Crippen LogP contribution in [0.3, 0.4) is 0 Å². The summed E-state index contributed by atoms with van der Waals surface area (Å²) in [6.07, 6.45) is 0. The van der Waals surface area contributed by atoms with Crippen molar-refractivity contribution >= 4 is 26.8 Å². The molecule has 0 radical (unpaired) electrons. The predicted octanol–water partition coefficient (Wildman–Crippen LogP) is 3.47. The molecule has 0 spiro atoms. The maximum atomic E-state index is 12.8. The minimum atomic E-state index is -0.108. The van der Waals surface area contributed by atoms with Crippen molar-refractivity contribution in [3.8, 4) is 11.4 Å². The van der Waals surface area contributed by atoms with E-state index in [1.54, 1.807) is 17.7 Å². The van der Waals surface area contributed by atoms with Crippen LogP contribution in [0.15, 0.2) is 51.7 Å². The largest absolute Gasteiger partial charge is 0.495 e. The minimum absolute atomic E-state index is 0.108. The summed E-state index contributed by atoms with van der Waals surface area (Å²) in [6, 6.07) is 12.9. The van der Waals surface area contributed by atoms with Gasteiger partial charge in [0.25, 0.3) is 5.56 Å². The summed E-state index contributed by atoms with van der Waals surface area (Å²) in [5.41, 5.74) is 1.27. The number of nitrogens with zero attached hydrogens (tertiary/aromatic N) is 2. The van der Waals surface area contributed by atoms with Crippen molar-refractivity contribution in [2.75, 3.05) is 7.11 Å². The molecule has 5 heteroatoms. The maximum Gasteiger partial charge on any atom is 0.266 e. The van der Waals surface area contributed by atoms with Crippen LogP contribution in [0.4, 0.5) is 0 Å². The molecular weight excluding hydrogens is 332 g/mol. The van der Waals surface area contributed by atoms with Crippen molar-refractivity contribution in [3.63, 3.8) is 0 Å². The Hall–Kier alpha value is -2.14. The smallest absolute Gasteiger partial charge is 0.266 e. The van der Waals surface area contributed by atoms with Crippen LogP contribution in [0, 0.1) is 6.92 Å². The Kier molecular flexibility index (Phi) is 3.51. The van der Waals surface area contributed by atoms with Crippen LogP contribution in [-0.4, -0.2) is 16.7 Å². The van der Waals surface area contributed by atoms with E-state index in [0.717, 1.165) is 4.47 Å². The van der Waals surface area contributed by atoms with Crippen LogP contribution < -0.4 is 10.3 Å². The molecule has 0 unspecified atom stereocenters. The summed E-state index contributed by atoms with van der Waals surface area (Å²) in [5, 5.41) is 0.570. The molecule has 1 aromatic heterocycles. The Morgan fingerprint density at radius 1 is 1.19 bits per heavy atom. The van der Waals surface area contributed by atoms with Crippen molar-refractivity contribution in [2.45, 2.75) is 6.92 Å². The van der Waals surface area contributed by atoms with Gasteiger partial charge in [0, 0.05) is 4.47 Å². The van der Waals surface area contributed by atoms with Crippen LogP contribution >= 0.6 is 15.9 Å². The number of halogens is 1. The van der Waals surface area contributed by atoms with Crippen LogP contribution in [-0.2, 0) is 0 Å². The average Bonchev–Trinajstić information content (AvgIpc) is 2.49. The first-order chi connectivity index (χ1) is 10.1. The van der Waals surface area contributed by atoms with Crippen molar-refractivity contribution in [3.05, 3.63) is 63.1 Å². The second kappa shape index (κ2) is 5.33. The fraction of sp³-hybridized carbons (Fsp3) is 0.125. The van der Waals surface area contributed by atoms with Crippen molar-refractivity contribution in [2.24, 2.45) is 0 Å². The van der Waals surface area contributed by atoms with E-state index < -0.39 is 0 Å². The lowest BCUT2D eigenvalue weighted by atomic mass is 10.2. The number of rotatable bonds is 2. The van der Waals surface area contributed by atoms with Gasteiger partial charge in [-0.1, -0.05) is 28.1 Å². The Morgan fingerprint density at radius 2 is 1.95 bits per heavy atom. The Balaban J connectivity index is 2.40. The highest BCUT2D eigenvalue weighted by Gasteiger charge is 2.13. The number of fused-ring (bicyclic) bond motifs is 1. The predicted molar refractivity (Wildman–Crippen MR) is 86.3 cm³/mol. The van der Waals surface area contributed by atoms with E-state index in [9.17, 15) is 4.79 Å².